The van der Waals surface area contributed by atoms with Crippen LogP contribution in [0.15, 0.2) is 110 Å². The summed E-state index contributed by atoms with van der Waals surface area (Å²) < 4.78 is 13.2. The van der Waals surface area contributed by atoms with Gasteiger partial charge < -0.3 is 24.4 Å². The number of ether oxygens (including phenoxy) is 1. The number of carboxylic acid groups (broad SMARTS) is 1. The van der Waals surface area contributed by atoms with E-state index in [0.29, 0.717) is 54.7 Å². The fourth-order valence-electron chi connectivity index (χ4n) is 4.98. The summed E-state index contributed by atoms with van der Waals surface area (Å²) in [6.07, 6.45) is 1.61. The van der Waals surface area contributed by atoms with Gasteiger partial charge in [-0.25, -0.2) is 4.99 Å². The van der Waals surface area contributed by atoms with E-state index in [1.54, 1.807) is 62.6 Å². The SMILES string of the molecule is COc1ccc([C@H]2C(C(=O)Nc3ccccc3)=C(C)N=c3s/c(=C/c4ccc(-c5ccc(C(=O)[O-])c(Cl)c5)o4)c(=O)n32)cc1. The van der Waals surface area contributed by atoms with Crippen molar-refractivity contribution >= 4 is 46.6 Å². The number of aromatic carboxylic acids is 1. The third-order valence-corrected chi connectivity index (χ3v) is 8.40. The molecule has 0 unspecified atom stereocenters. The highest BCUT2D eigenvalue weighted by Crippen LogP contribution is 2.32. The fraction of sp³-hybridized carbons (Fsp3) is 0.0909. The minimum Gasteiger partial charge on any atom is -0.545 e. The number of hydrogen-bond acceptors (Lipinski definition) is 8. The quantitative estimate of drug-likeness (QED) is 0.290. The smallest absolute Gasteiger partial charge is 0.271 e. The highest BCUT2D eigenvalue weighted by Gasteiger charge is 2.32. The molecule has 0 aliphatic carbocycles. The maximum atomic E-state index is 14.0. The van der Waals surface area contributed by atoms with E-state index < -0.39 is 12.0 Å². The predicted octanol–water partition coefficient (Wildman–Crippen LogP) is 4.16. The molecule has 5 aromatic rings. The van der Waals surface area contributed by atoms with Gasteiger partial charge in [0.15, 0.2) is 4.80 Å². The highest BCUT2D eigenvalue weighted by atomic mass is 35.5. The van der Waals surface area contributed by atoms with Crippen molar-refractivity contribution < 1.29 is 23.8 Å². The van der Waals surface area contributed by atoms with Crippen LogP contribution in [0.2, 0.25) is 5.02 Å². The first-order chi connectivity index (χ1) is 21.2. The lowest BCUT2D eigenvalue weighted by Gasteiger charge is -2.25. The molecule has 1 N–H and O–H groups in total. The lowest BCUT2D eigenvalue weighted by atomic mass is 9.95. The van der Waals surface area contributed by atoms with E-state index in [4.69, 9.17) is 20.8 Å². The van der Waals surface area contributed by atoms with E-state index in [1.165, 1.54) is 28.0 Å². The Morgan fingerprint density at radius 1 is 1.07 bits per heavy atom. The summed E-state index contributed by atoms with van der Waals surface area (Å²) >= 11 is 7.28. The number of aromatic nitrogens is 1. The highest BCUT2D eigenvalue weighted by molar-refractivity contribution is 7.07. The molecule has 6 rings (SSSR count). The van der Waals surface area contributed by atoms with Gasteiger partial charge in [-0.3, -0.25) is 14.2 Å². The van der Waals surface area contributed by atoms with Crippen LogP contribution >= 0.6 is 22.9 Å². The first kappa shape index (κ1) is 28.9. The summed E-state index contributed by atoms with van der Waals surface area (Å²) in [6.45, 7) is 1.75. The number of amides is 1. The molecule has 220 valence electrons. The number of nitrogens with one attached hydrogen (secondary N) is 1. The number of carbonyl (C=O) groups excluding carboxylic acids is 2. The van der Waals surface area contributed by atoms with E-state index in [2.05, 4.69) is 10.3 Å². The van der Waals surface area contributed by atoms with Gasteiger partial charge in [0.2, 0.25) is 0 Å². The van der Waals surface area contributed by atoms with Crippen LogP contribution in [-0.4, -0.2) is 23.6 Å². The number of methoxy groups -OCH3 is 1. The molecule has 44 heavy (non-hydrogen) atoms. The third-order valence-electron chi connectivity index (χ3n) is 7.10. The number of hydrogen-bond donors (Lipinski definition) is 1. The molecule has 2 aromatic heterocycles. The number of thiazole rings is 1. The summed E-state index contributed by atoms with van der Waals surface area (Å²) in [5.41, 5.74) is 2.26. The Morgan fingerprint density at radius 2 is 1.82 bits per heavy atom. The number of halogens is 1. The van der Waals surface area contributed by atoms with Crippen LogP contribution in [0.4, 0.5) is 5.69 Å². The second-order valence-electron chi connectivity index (χ2n) is 9.86. The van der Waals surface area contributed by atoms with Crippen molar-refractivity contribution in [1.29, 1.82) is 0 Å². The first-order valence-electron chi connectivity index (χ1n) is 13.4. The second kappa shape index (κ2) is 11.8. The predicted molar refractivity (Wildman–Crippen MR) is 165 cm³/mol. The number of para-hydroxylation sites is 1. The molecule has 1 amide bonds. The fourth-order valence-corrected chi connectivity index (χ4v) is 6.27. The monoisotopic (exact) mass is 624 g/mol. The molecule has 0 fully saturated rings. The van der Waals surface area contributed by atoms with Crippen LogP contribution in [0.5, 0.6) is 5.75 Å². The Labute approximate surface area is 259 Å². The van der Waals surface area contributed by atoms with Crippen molar-refractivity contribution in [1.82, 2.24) is 4.57 Å². The zero-order valence-electron chi connectivity index (χ0n) is 23.4. The van der Waals surface area contributed by atoms with Gasteiger partial charge in [0.1, 0.15) is 17.3 Å². The van der Waals surface area contributed by atoms with Crippen molar-refractivity contribution in [2.45, 2.75) is 13.0 Å². The van der Waals surface area contributed by atoms with E-state index >= 15 is 0 Å². The number of fused-ring (bicyclic) bond motifs is 1. The van der Waals surface area contributed by atoms with Gasteiger partial charge in [0.05, 0.1) is 39.9 Å². The van der Waals surface area contributed by atoms with Crippen LogP contribution in [-0.2, 0) is 4.79 Å². The minimum atomic E-state index is -1.37. The number of carbonyl (C=O) groups is 2. The molecule has 1 aliphatic heterocycles. The number of nitrogens with zero attached hydrogens (tertiary/aromatic N) is 2. The standard InChI is InChI=1S/C33H24ClN3O6S/c1-18-28(30(38)36-21-6-4-3-5-7-21)29(19-8-11-22(42-2)12-9-19)37-31(39)27(44-33(37)35-18)17-23-13-15-26(43-23)20-10-14-24(32(40)41)25(34)16-20/h3-17,29H,1-2H3,(H,36,38)(H,40,41)/p-1/b27-17+/t29-/m0/s1. The van der Waals surface area contributed by atoms with Gasteiger partial charge in [0.25, 0.3) is 11.5 Å². The minimum absolute atomic E-state index is 0.0229. The summed E-state index contributed by atoms with van der Waals surface area (Å²) in [7, 11) is 1.57. The van der Waals surface area contributed by atoms with Gasteiger partial charge >= 0.3 is 0 Å². The average molecular weight is 625 g/mol. The summed E-state index contributed by atoms with van der Waals surface area (Å²) in [6, 6.07) is 23.3. The molecule has 0 bridgehead atoms. The third kappa shape index (κ3) is 5.48. The second-order valence-corrected chi connectivity index (χ2v) is 11.3. The van der Waals surface area contributed by atoms with Crippen LogP contribution in [0.1, 0.15) is 34.6 Å². The van der Waals surface area contributed by atoms with Gasteiger partial charge in [0, 0.05) is 22.9 Å². The van der Waals surface area contributed by atoms with Crippen molar-refractivity contribution in [2.75, 3.05) is 12.4 Å². The van der Waals surface area contributed by atoms with Crippen molar-refractivity contribution in [2.24, 2.45) is 4.99 Å². The maximum Gasteiger partial charge on any atom is 0.271 e. The summed E-state index contributed by atoms with van der Waals surface area (Å²) in [5.74, 6) is -0.277. The zero-order chi connectivity index (χ0) is 31.0. The van der Waals surface area contributed by atoms with Gasteiger partial charge in [-0.1, -0.05) is 65.4 Å². The molecule has 11 heteroatoms. The lowest BCUT2D eigenvalue weighted by Crippen LogP contribution is -2.40. The van der Waals surface area contributed by atoms with Gasteiger partial charge in [-0.15, -0.1) is 0 Å². The molecule has 3 heterocycles. The molecule has 0 saturated heterocycles. The van der Waals surface area contributed by atoms with Crippen LogP contribution in [0.25, 0.3) is 17.4 Å². The molecule has 1 aliphatic rings. The molecule has 0 radical (unpaired) electrons. The number of carboxylic acids is 1. The molecular formula is C33H23ClN3O6S-. The van der Waals surface area contributed by atoms with Crippen molar-refractivity contribution in [3.63, 3.8) is 0 Å². The summed E-state index contributed by atoms with van der Waals surface area (Å²) in [5, 5.41) is 14.2. The van der Waals surface area contributed by atoms with E-state index in [0.717, 1.165) is 0 Å². The van der Waals surface area contributed by atoms with Crippen LogP contribution in [0.3, 0.4) is 0 Å². The van der Waals surface area contributed by atoms with E-state index in [-0.39, 0.29) is 22.1 Å². The lowest BCUT2D eigenvalue weighted by molar-refractivity contribution is -0.255. The normalized spacial score (nSPS) is 14.6. The van der Waals surface area contributed by atoms with Gasteiger partial charge in [-0.2, -0.15) is 0 Å². The Hall–Kier alpha value is -5.19. The Balaban J connectivity index is 1.42. The van der Waals surface area contributed by atoms with E-state index in [1.807, 2.05) is 30.3 Å². The number of rotatable bonds is 7. The molecular weight excluding hydrogens is 602 g/mol. The molecule has 9 nitrogen and oxygen atoms in total. The number of anilines is 1. The molecule has 0 saturated carbocycles. The molecule has 3 aromatic carbocycles. The van der Waals surface area contributed by atoms with E-state index in [9.17, 15) is 19.5 Å². The topological polar surface area (TPSA) is 126 Å². The zero-order valence-corrected chi connectivity index (χ0v) is 24.9. The Bertz CT molecular complexity index is 2130. The number of allylic oxidation sites excluding steroid dienone is 1. The summed E-state index contributed by atoms with van der Waals surface area (Å²) in [4.78, 5) is 44.0. The van der Waals surface area contributed by atoms with Crippen molar-refractivity contribution in [3.05, 3.63) is 138 Å². The average Bonchev–Trinajstić information content (AvgIpc) is 3.60. The first-order valence-corrected chi connectivity index (χ1v) is 14.6. The van der Waals surface area contributed by atoms with Gasteiger partial charge in [-0.05, 0) is 55.0 Å². The van der Waals surface area contributed by atoms with Crippen LogP contribution < -0.4 is 30.1 Å². The Kier molecular flexibility index (Phi) is 7.77. The number of furan rings is 1. The Morgan fingerprint density at radius 3 is 2.50 bits per heavy atom. The van der Waals surface area contributed by atoms with Crippen LogP contribution in [0, 0.1) is 0 Å². The maximum absolute atomic E-state index is 14.0. The van der Waals surface area contributed by atoms with Crippen molar-refractivity contribution in [3.8, 4) is 17.1 Å². The molecule has 0 spiro atoms. The number of benzene rings is 3. The largest absolute Gasteiger partial charge is 0.545 e. The molecule has 1 atom stereocenters.